The first-order valence-electron chi connectivity index (χ1n) is 8.16. The lowest BCUT2D eigenvalue weighted by Crippen LogP contribution is -2.49. The van der Waals surface area contributed by atoms with Gasteiger partial charge in [0.1, 0.15) is 0 Å². The summed E-state index contributed by atoms with van der Waals surface area (Å²) in [5, 5.41) is 7.41. The monoisotopic (exact) mass is 296 g/mol. The van der Waals surface area contributed by atoms with Crippen molar-refractivity contribution in [3.63, 3.8) is 0 Å². The van der Waals surface area contributed by atoms with Crippen molar-refractivity contribution < 1.29 is 0 Å². The summed E-state index contributed by atoms with van der Waals surface area (Å²) in [6.45, 7) is 1.78. The lowest BCUT2D eigenvalue weighted by Gasteiger charge is -2.33. The summed E-state index contributed by atoms with van der Waals surface area (Å²) < 4.78 is 0. The van der Waals surface area contributed by atoms with Crippen molar-refractivity contribution in [2.75, 3.05) is 0 Å². The first kappa shape index (κ1) is 15.1. The normalized spacial score (nSPS) is 21.6. The maximum atomic E-state index is 4.18. The first-order valence-corrected chi connectivity index (χ1v) is 8.16. The van der Waals surface area contributed by atoms with E-state index in [0.717, 1.165) is 13.1 Å². The van der Waals surface area contributed by atoms with Crippen LogP contribution in [0.4, 0.5) is 0 Å². The Labute approximate surface area is 132 Å². The Kier molecular flexibility index (Phi) is 5.51. The van der Waals surface area contributed by atoms with Crippen molar-refractivity contribution in [1.82, 2.24) is 20.6 Å². The summed E-state index contributed by atoms with van der Waals surface area (Å²) in [5.41, 5.74) is 2.50. The summed E-state index contributed by atoms with van der Waals surface area (Å²) in [6.07, 6.45) is 12.6. The van der Waals surface area contributed by atoms with Crippen LogP contribution in [0.2, 0.25) is 0 Å². The van der Waals surface area contributed by atoms with E-state index in [1.807, 2.05) is 36.9 Å². The molecule has 2 heterocycles. The third-order valence-corrected chi connectivity index (χ3v) is 4.35. The number of rotatable bonds is 6. The topological polar surface area (TPSA) is 49.8 Å². The van der Waals surface area contributed by atoms with Gasteiger partial charge < -0.3 is 10.6 Å². The number of aromatic nitrogens is 2. The highest BCUT2D eigenvalue weighted by Gasteiger charge is 2.24. The number of pyridine rings is 2. The maximum absolute atomic E-state index is 4.18. The zero-order valence-corrected chi connectivity index (χ0v) is 12.9. The van der Waals surface area contributed by atoms with Gasteiger partial charge in [0.15, 0.2) is 0 Å². The minimum Gasteiger partial charge on any atom is -0.308 e. The average molecular weight is 296 g/mol. The molecule has 0 aliphatic heterocycles. The SMILES string of the molecule is c1cncc(CNC2CCCCC2NCc2cccnc2)c1. The molecule has 4 nitrogen and oxygen atoms in total. The fourth-order valence-electron chi connectivity index (χ4n) is 3.12. The highest BCUT2D eigenvalue weighted by atomic mass is 15.0. The van der Waals surface area contributed by atoms with Crippen LogP contribution in [0.5, 0.6) is 0 Å². The molecule has 2 unspecified atom stereocenters. The van der Waals surface area contributed by atoms with Crippen LogP contribution in [0.1, 0.15) is 36.8 Å². The van der Waals surface area contributed by atoms with Crippen molar-refractivity contribution in [2.45, 2.75) is 50.9 Å². The van der Waals surface area contributed by atoms with Crippen LogP contribution in [0.15, 0.2) is 49.1 Å². The largest absolute Gasteiger partial charge is 0.308 e. The predicted molar refractivity (Wildman–Crippen MR) is 88.2 cm³/mol. The molecule has 1 saturated carbocycles. The van der Waals surface area contributed by atoms with Gasteiger partial charge in [0, 0.05) is 50.0 Å². The van der Waals surface area contributed by atoms with Gasteiger partial charge in [-0.05, 0) is 36.1 Å². The van der Waals surface area contributed by atoms with Gasteiger partial charge in [-0.1, -0.05) is 25.0 Å². The van der Waals surface area contributed by atoms with E-state index in [1.165, 1.54) is 36.8 Å². The minimum atomic E-state index is 0.533. The Morgan fingerprint density at radius 2 is 1.32 bits per heavy atom. The molecule has 2 N–H and O–H groups in total. The Morgan fingerprint density at radius 1 is 0.818 bits per heavy atom. The molecule has 1 aliphatic carbocycles. The molecular formula is C18H24N4. The van der Waals surface area contributed by atoms with E-state index >= 15 is 0 Å². The van der Waals surface area contributed by atoms with Gasteiger partial charge in [0.2, 0.25) is 0 Å². The van der Waals surface area contributed by atoms with Gasteiger partial charge >= 0.3 is 0 Å². The molecule has 2 aromatic rings. The second kappa shape index (κ2) is 8.01. The number of hydrogen-bond acceptors (Lipinski definition) is 4. The highest BCUT2D eigenvalue weighted by Crippen LogP contribution is 2.19. The van der Waals surface area contributed by atoms with Crippen LogP contribution in [-0.2, 0) is 13.1 Å². The number of nitrogens with one attached hydrogen (secondary N) is 2. The van der Waals surface area contributed by atoms with E-state index in [-0.39, 0.29) is 0 Å². The molecule has 1 aliphatic rings. The number of hydrogen-bond donors (Lipinski definition) is 2. The molecule has 116 valence electrons. The zero-order chi connectivity index (χ0) is 15.0. The van der Waals surface area contributed by atoms with Crippen molar-refractivity contribution in [3.8, 4) is 0 Å². The fraction of sp³-hybridized carbons (Fsp3) is 0.444. The smallest absolute Gasteiger partial charge is 0.0312 e. The summed E-state index contributed by atoms with van der Waals surface area (Å²) in [6, 6.07) is 9.31. The second-order valence-electron chi connectivity index (χ2n) is 5.98. The Morgan fingerprint density at radius 3 is 1.73 bits per heavy atom. The molecule has 3 rings (SSSR count). The molecule has 2 atom stereocenters. The summed E-state index contributed by atoms with van der Waals surface area (Å²) in [5.74, 6) is 0. The van der Waals surface area contributed by atoms with Gasteiger partial charge in [-0.15, -0.1) is 0 Å². The molecule has 4 heteroatoms. The minimum absolute atomic E-state index is 0.533. The van der Waals surface area contributed by atoms with Crippen molar-refractivity contribution in [1.29, 1.82) is 0 Å². The first-order chi connectivity index (χ1) is 10.9. The molecule has 2 aromatic heterocycles. The standard InChI is InChI=1S/C18H24N4/c1-2-8-18(22-14-16-6-4-10-20-12-16)17(7-1)21-13-15-5-3-9-19-11-15/h3-6,9-12,17-18,21-22H,1-2,7-8,13-14H2. The Hall–Kier alpha value is -1.78. The second-order valence-corrected chi connectivity index (χ2v) is 5.98. The fourth-order valence-corrected chi connectivity index (χ4v) is 3.12. The molecular weight excluding hydrogens is 272 g/mol. The van der Waals surface area contributed by atoms with E-state index in [0.29, 0.717) is 12.1 Å². The lowest BCUT2D eigenvalue weighted by atomic mass is 9.90. The summed E-state index contributed by atoms with van der Waals surface area (Å²) >= 11 is 0. The van der Waals surface area contributed by atoms with Crippen molar-refractivity contribution in [2.24, 2.45) is 0 Å². The van der Waals surface area contributed by atoms with Gasteiger partial charge in [-0.25, -0.2) is 0 Å². The van der Waals surface area contributed by atoms with E-state index in [1.54, 1.807) is 0 Å². The zero-order valence-electron chi connectivity index (χ0n) is 12.9. The van der Waals surface area contributed by atoms with E-state index in [4.69, 9.17) is 0 Å². The Bertz CT molecular complexity index is 492. The molecule has 1 fully saturated rings. The number of nitrogens with zero attached hydrogens (tertiary/aromatic N) is 2. The maximum Gasteiger partial charge on any atom is 0.0312 e. The quantitative estimate of drug-likeness (QED) is 0.860. The lowest BCUT2D eigenvalue weighted by molar-refractivity contribution is 0.281. The molecule has 22 heavy (non-hydrogen) atoms. The molecule has 0 bridgehead atoms. The third kappa shape index (κ3) is 4.36. The van der Waals surface area contributed by atoms with Crippen LogP contribution in [0.25, 0.3) is 0 Å². The van der Waals surface area contributed by atoms with Gasteiger partial charge in [0.25, 0.3) is 0 Å². The highest BCUT2D eigenvalue weighted by molar-refractivity contribution is 5.09. The molecule has 0 radical (unpaired) electrons. The average Bonchev–Trinajstić information content (AvgIpc) is 2.61. The summed E-state index contributed by atoms with van der Waals surface area (Å²) in [7, 11) is 0. The van der Waals surface area contributed by atoms with Gasteiger partial charge in [-0.3, -0.25) is 9.97 Å². The van der Waals surface area contributed by atoms with Gasteiger partial charge in [0.05, 0.1) is 0 Å². The summed E-state index contributed by atoms with van der Waals surface area (Å²) in [4.78, 5) is 8.36. The molecule has 0 amide bonds. The van der Waals surface area contributed by atoms with E-state index < -0.39 is 0 Å². The van der Waals surface area contributed by atoms with Crippen LogP contribution in [0, 0.1) is 0 Å². The van der Waals surface area contributed by atoms with E-state index in [2.05, 4.69) is 32.7 Å². The van der Waals surface area contributed by atoms with Crippen LogP contribution >= 0.6 is 0 Å². The predicted octanol–water partition coefficient (Wildman–Crippen LogP) is 2.67. The van der Waals surface area contributed by atoms with Crippen molar-refractivity contribution >= 4 is 0 Å². The van der Waals surface area contributed by atoms with Gasteiger partial charge in [-0.2, -0.15) is 0 Å². The third-order valence-electron chi connectivity index (χ3n) is 4.35. The van der Waals surface area contributed by atoms with Crippen LogP contribution in [-0.4, -0.2) is 22.1 Å². The van der Waals surface area contributed by atoms with Crippen LogP contribution in [0.3, 0.4) is 0 Å². The Balaban J connectivity index is 1.52. The molecule has 0 spiro atoms. The van der Waals surface area contributed by atoms with E-state index in [9.17, 15) is 0 Å². The van der Waals surface area contributed by atoms with Crippen molar-refractivity contribution in [3.05, 3.63) is 60.2 Å². The molecule has 0 saturated heterocycles. The van der Waals surface area contributed by atoms with Crippen LogP contribution < -0.4 is 10.6 Å². The molecule has 0 aromatic carbocycles.